The molecule has 2 aromatic carbocycles. The number of piperazine rings is 1. The number of para-hydroxylation sites is 2. The fraction of sp³-hybridized carbons (Fsp3) is 0.261. The van der Waals surface area contributed by atoms with Crippen LogP contribution in [-0.2, 0) is 0 Å². The molecular weight excluding hydrogens is 366 g/mol. The van der Waals surface area contributed by atoms with Gasteiger partial charge < -0.3 is 19.4 Å². The summed E-state index contributed by atoms with van der Waals surface area (Å²) in [6, 6.07) is 14.8. The number of aromatic hydroxyl groups is 1. The number of hydrogen-bond acceptors (Lipinski definition) is 5. The monoisotopic (exact) mass is 389 g/mol. The molecule has 1 aliphatic rings. The molecule has 6 nitrogen and oxygen atoms in total. The largest absolute Gasteiger partial charge is 0.507 e. The first-order chi connectivity index (χ1) is 14.1. The van der Waals surface area contributed by atoms with E-state index in [0.717, 1.165) is 42.6 Å². The van der Waals surface area contributed by atoms with Gasteiger partial charge in [0.2, 0.25) is 0 Å². The van der Waals surface area contributed by atoms with E-state index in [1.807, 2.05) is 36.5 Å². The molecule has 0 amide bonds. The highest BCUT2D eigenvalue weighted by atomic mass is 16.4. The number of aromatic nitrogens is 1. The van der Waals surface area contributed by atoms with Crippen LogP contribution < -0.4 is 5.63 Å². The molecule has 2 aromatic heterocycles. The van der Waals surface area contributed by atoms with Gasteiger partial charge in [-0.15, -0.1) is 0 Å². The van der Waals surface area contributed by atoms with Gasteiger partial charge in [0.15, 0.2) is 0 Å². The molecule has 5 rings (SSSR count). The third-order valence-corrected chi connectivity index (χ3v) is 5.91. The van der Waals surface area contributed by atoms with Crippen molar-refractivity contribution in [3.8, 4) is 5.75 Å². The maximum Gasteiger partial charge on any atom is 0.345 e. The van der Waals surface area contributed by atoms with Crippen LogP contribution in [0.3, 0.4) is 0 Å². The average molecular weight is 389 g/mol. The quantitative estimate of drug-likeness (QED) is 0.526. The number of H-pyrrole nitrogens is 1. The summed E-state index contributed by atoms with van der Waals surface area (Å²) in [6.45, 7) is 3.40. The van der Waals surface area contributed by atoms with Crippen LogP contribution in [0, 0.1) is 0 Å². The van der Waals surface area contributed by atoms with Crippen LogP contribution in [0.1, 0.15) is 17.2 Å². The van der Waals surface area contributed by atoms with Gasteiger partial charge in [-0.2, -0.15) is 0 Å². The number of likely N-dealkylation sites (N-methyl/N-ethyl adjacent to an activating group) is 1. The zero-order valence-electron chi connectivity index (χ0n) is 16.3. The zero-order chi connectivity index (χ0) is 20.0. The topological polar surface area (TPSA) is 72.7 Å². The highest BCUT2D eigenvalue weighted by Gasteiger charge is 2.33. The lowest BCUT2D eigenvalue weighted by Crippen LogP contribution is -2.47. The second-order valence-corrected chi connectivity index (χ2v) is 7.68. The first-order valence-electron chi connectivity index (χ1n) is 9.87. The molecular formula is C23H23N3O3. The van der Waals surface area contributed by atoms with Crippen molar-refractivity contribution in [2.75, 3.05) is 33.2 Å². The fourth-order valence-electron chi connectivity index (χ4n) is 4.32. The molecule has 0 spiro atoms. The fourth-order valence-corrected chi connectivity index (χ4v) is 4.32. The summed E-state index contributed by atoms with van der Waals surface area (Å²) >= 11 is 0. The van der Waals surface area contributed by atoms with Gasteiger partial charge in [-0.05, 0) is 30.8 Å². The Morgan fingerprint density at radius 3 is 2.48 bits per heavy atom. The number of hydrogen-bond donors (Lipinski definition) is 2. The molecule has 2 N–H and O–H groups in total. The van der Waals surface area contributed by atoms with Crippen LogP contribution >= 0.6 is 0 Å². The van der Waals surface area contributed by atoms with Crippen molar-refractivity contribution >= 4 is 21.9 Å². The molecule has 1 unspecified atom stereocenters. The predicted molar refractivity (Wildman–Crippen MR) is 113 cm³/mol. The average Bonchev–Trinajstić information content (AvgIpc) is 3.16. The van der Waals surface area contributed by atoms with Gasteiger partial charge in [-0.3, -0.25) is 4.90 Å². The van der Waals surface area contributed by atoms with Crippen LogP contribution in [-0.4, -0.2) is 53.1 Å². The Balaban J connectivity index is 1.75. The molecule has 1 aliphatic heterocycles. The number of fused-ring (bicyclic) bond motifs is 2. The summed E-state index contributed by atoms with van der Waals surface area (Å²) in [5, 5.41) is 12.7. The number of rotatable bonds is 3. The summed E-state index contributed by atoms with van der Waals surface area (Å²) in [5.41, 5.74) is 2.19. The molecule has 1 saturated heterocycles. The van der Waals surface area contributed by atoms with E-state index < -0.39 is 5.63 Å². The predicted octanol–water partition coefficient (Wildman–Crippen LogP) is 3.32. The van der Waals surface area contributed by atoms with E-state index in [-0.39, 0.29) is 11.8 Å². The Morgan fingerprint density at radius 1 is 1.00 bits per heavy atom. The Morgan fingerprint density at radius 2 is 1.69 bits per heavy atom. The molecule has 1 atom stereocenters. The summed E-state index contributed by atoms with van der Waals surface area (Å²) in [5.74, 6) is 0.00561. The zero-order valence-corrected chi connectivity index (χ0v) is 16.3. The van der Waals surface area contributed by atoms with E-state index in [0.29, 0.717) is 16.5 Å². The maximum absolute atomic E-state index is 13.1. The van der Waals surface area contributed by atoms with Crippen molar-refractivity contribution in [2.24, 2.45) is 0 Å². The Bertz CT molecular complexity index is 1240. The van der Waals surface area contributed by atoms with Crippen molar-refractivity contribution in [3.05, 3.63) is 76.3 Å². The van der Waals surface area contributed by atoms with E-state index in [9.17, 15) is 9.90 Å². The lowest BCUT2D eigenvalue weighted by atomic mass is 9.95. The van der Waals surface area contributed by atoms with Crippen molar-refractivity contribution in [2.45, 2.75) is 6.04 Å². The normalized spacial score (nSPS) is 17.1. The number of nitrogens with one attached hydrogen (secondary N) is 1. The van der Waals surface area contributed by atoms with E-state index in [4.69, 9.17) is 4.42 Å². The molecule has 0 saturated carbocycles. The van der Waals surface area contributed by atoms with Crippen molar-refractivity contribution in [1.82, 2.24) is 14.8 Å². The molecule has 0 bridgehead atoms. The molecule has 4 aromatic rings. The maximum atomic E-state index is 13.1. The van der Waals surface area contributed by atoms with Gasteiger partial charge >= 0.3 is 5.63 Å². The second-order valence-electron chi connectivity index (χ2n) is 7.68. The SMILES string of the molecule is CN1CCN(C(c2c(O)c3ccccc3oc2=O)c2c[nH]c3ccccc23)CC1. The Labute approximate surface area is 168 Å². The summed E-state index contributed by atoms with van der Waals surface area (Å²) in [6.07, 6.45) is 1.95. The molecule has 3 heterocycles. The van der Waals surface area contributed by atoms with Gasteiger partial charge in [0.05, 0.1) is 11.4 Å². The van der Waals surface area contributed by atoms with Gasteiger partial charge in [-0.25, -0.2) is 4.79 Å². The molecule has 0 radical (unpaired) electrons. The van der Waals surface area contributed by atoms with Crippen molar-refractivity contribution in [3.63, 3.8) is 0 Å². The van der Waals surface area contributed by atoms with Gasteiger partial charge in [-0.1, -0.05) is 30.3 Å². The number of benzene rings is 2. The van der Waals surface area contributed by atoms with Gasteiger partial charge in [0, 0.05) is 43.3 Å². The summed E-state index contributed by atoms with van der Waals surface area (Å²) in [4.78, 5) is 20.9. The summed E-state index contributed by atoms with van der Waals surface area (Å²) < 4.78 is 5.61. The van der Waals surface area contributed by atoms with Crippen molar-refractivity contribution in [1.29, 1.82) is 0 Å². The minimum Gasteiger partial charge on any atom is -0.507 e. The summed E-state index contributed by atoms with van der Waals surface area (Å²) in [7, 11) is 2.10. The molecule has 29 heavy (non-hydrogen) atoms. The third kappa shape index (κ3) is 3.01. The number of nitrogens with zero attached hydrogens (tertiary/aromatic N) is 2. The smallest absolute Gasteiger partial charge is 0.345 e. The van der Waals surface area contributed by atoms with E-state index in [1.54, 1.807) is 18.2 Å². The highest BCUT2D eigenvalue weighted by Crippen LogP contribution is 2.39. The molecule has 0 aliphatic carbocycles. The van der Waals surface area contributed by atoms with Crippen LogP contribution in [0.5, 0.6) is 5.75 Å². The minimum absolute atomic E-state index is 0.00561. The Hall–Kier alpha value is -3.09. The third-order valence-electron chi connectivity index (χ3n) is 5.91. The Kier molecular flexibility index (Phi) is 4.38. The molecule has 6 heteroatoms. The molecule has 148 valence electrons. The lowest BCUT2D eigenvalue weighted by molar-refractivity contribution is 0.125. The van der Waals surface area contributed by atoms with Gasteiger partial charge in [0.1, 0.15) is 16.9 Å². The van der Waals surface area contributed by atoms with Crippen molar-refractivity contribution < 1.29 is 9.52 Å². The second kappa shape index (κ2) is 7.06. The highest BCUT2D eigenvalue weighted by molar-refractivity contribution is 5.87. The van der Waals surface area contributed by atoms with E-state index >= 15 is 0 Å². The molecule has 1 fully saturated rings. The van der Waals surface area contributed by atoms with Crippen LogP contribution in [0.25, 0.3) is 21.9 Å². The number of aromatic amines is 1. The van der Waals surface area contributed by atoms with Crippen LogP contribution in [0.15, 0.2) is 63.9 Å². The van der Waals surface area contributed by atoms with E-state index in [1.165, 1.54) is 0 Å². The van der Waals surface area contributed by atoms with Gasteiger partial charge in [0.25, 0.3) is 0 Å². The standard InChI is InChI=1S/C23H23N3O3/c1-25-10-12-26(13-11-25)21(17-14-24-18-8-4-2-6-15(17)18)20-22(27)16-7-3-5-9-19(16)29-23(20)28/h2-9,14,21,24,27H,10-13H2,1H3. The van der Waals surface area contributed by atoms with Crippen LogP contribution in [0.2, 0.25) is 0 Å². The first-order valence-corrected chi connectivity index (χ1v) is 9.87. The van der Waals surface area contributed by atoms with E-state index in [2.05, 4.69) is 21.8 Å². The lowest BCUT2D eigenvalue weighted by Gasteiger charge is -2.37. The minimum atomic E-state index is -0.490. The van der Waals surface area contributed by atoms with Crippen LogP contribution in [0.4, 0.5) is 0 Å². The first kappa shape index (κ1) is 18.0.